The van der Waals surface area contributed by atoms with Crippen LogP contribution in [0.4, 0.5) is 8.78 Å². The molecule has 176 valence electrons. The highest BCUT2D eigenvalue weighted by Crippen LogP contribution is 2.29. The molecule has 0 spiro atoms. The van der Waals surface area contributed by atoms with Crippen molar-refractivity contribution in [2.24, 2.45) is 0 Å². The fraction of sp³-hybridized carbons (Fsp3) is 0.409. The van der Waals surface area contributed by atoms with Crippen LogP contribution < -0.4 is 20.5 Å². The van der Waals surface area contributed by atoms with Gasteiger partial charge < -0.3 is 20.1 Å². The van der Waals surface area contributed by atoms with E-state index in [1.807, 2.05) is 11.9 Å². The number of fused-ring (bicyclic) bond motifs is 3. The third kappa shape index (κ3) is 3.77. The van der Waals surface area contributed by atoms with E-state index in [4.69, 9.17) is 4.74 Å². The average Bonchev–Trinajstić information content (AvgIpc) is 2.79. The molecule has 33 heavy (non-hydrogen) atoms. The van der Waals surface area contributed by atoms with Crippen LogP contribution in [0.2, 0.25) is 0 Å². The van der Waals surface area contributed by atoms with Gasteiger partial charge in [0.25, 0.3) is 11.8 Å². The Balaban J connectivity index is 1.69. The molecule has 3 heterocycles. The van der Waals surface area contributed by atoms with Crippen molar-refractivity contribution < 1.29 is 28.2 Å². The van der Waals surface area contributed by atoms with Crippen molar-refractivity contribution in [3.05, 3.63) is 57.0 Å². The van der Waals surface area contributed by atoms with Gasteiger partial charge in [-0.15, -0.1) is 0 Å². The Bertz CT molecular complexity index is 1180. The predicted octanol–water partition coefficient (Wildman–Crippen LogP) is 1.69. The van der Waals surface area contributed by atoms with Crippen molar-refractivity contribution in [1.82, 2.24) is 14.9 Å². The highest BCUT2D eigenvalue weighted by atomic mass is 19.1. The van der Waals surface area contributed by atoms with Crippen molar-refractivity contribution in [3.63, 3.8) is 0 Å². The maximum absolute atomic E-state index is 14.2. The molecule has 2 aliphatic heterocycles. The Kier molecular flexibility index (Phi) is 5.96. The number of carbonyl (C=O) groups excluding carboxylic acids is 2. The molecule has 9 nitrogen and oxygen atoms in total. The minimum absolute atomic E-state index is 0.0978. The van der Waals surface area contributed by atoms with Crippen molar-refractivity contribution >= 4 is 11.8 Å². The van der Waals surface area contributed by atoms with Gasteiger partial charge in [0.05, 0.1) is 7.11 Å². The second-order valence-electron chi connectivity index (χ2n) is 7.90. The summed E-state index contributed by atoms with van der Waals surface area (Å²) in [7, 11) is 1.24. The van der Waals surface area contributed by atoms with E-state index in [0.29, 0.717) is 19.2 Å². The minimum Gasteiger partial charge on any atom is -0.502 e. The molecule has 11 heteroatoms. The number of hydrogen-bond acceptors (Lipinski definition) is 6. The highest BCUT2D eigenvalue weighted by molar-refractivity contribution is 5.99. The number of benzene rings is 1. The van der Waals surface area contributed by atoms with E-state index in [0.717, 1.165) is 25.3 Å². The van der Waals surface area contributed by atoms with E-state index in [2.05, 4.69) is 5.32 Å². The smallest absolute Gasteiger partial charge is 0.278 e. The average molecular weight is 462 g/mol. The summed E-state index contributed by atoms with van der Waals surface area (Å²) >= 11 is 0. The van der Waals surface area contributed by atoms with Gasteiger partial charge >= 0.3 is 0 Å². The summed E-state index contributed by atoms with van der Waals surface area (Å²) in [4.78, 5) is 40.2. The highest BCUT2D eigenvalue weighted by Gasteiger charge is 2.40. The number of aromatic hydroxyl groups is 1. The van der Waals surface area contributed by atoms with Crippen LogP contribution in [0.25, 0.3) is 0 Å². The van der Waals surface area contributed by atoms with Crippen molar-refractivity contribution in [1.29, 1.82) is 0 Å². The van der Waals surface area contributed by atoms with Crippen LogP contribution in [0.1, 0.15) is 52.6 Å². The topological polar surface area (TPSA) is 104 Å². The fourth-order valence-electron chi connectivity index (χ4n) is 4.44. The molecule has 2 aliphatic rings. The maximum atomic E-state index is 14.2. The summed E-state index contributed by atoms with van der Waals surface area (Å²) in [6, 6.07) is 1.64. The van der Waals surface area contributed by atoms with Gasteiger partial charge in [-0.05, 0) is 26.2 Å². The van der Waals surface area contributed by atoms with Crippen LogP contribution in [0.15, 0.2) is 23.1 Å². The van der Waals surface area contributed by atoms with Gasteiger partial charge in [0.15, 0.2) is 11.4 Å². The van der Waals surface area contributed by atoms with E-state index in [9.17, 15) is 28.3 Å². The molecule has 1 aromatic heterocycles. The summed E-state index contributed by atoms with van der Waals surface area (Å²) in [6.45, 7) is 2.41. The molecule has 0 unspecified atom stereocenters. The van der Waals surface area contributed by atoms with E-state index in [1.165, 1.54) is 18.0 Å². The first-order chi connectivity index (χ1) is 15.8. The molecule has 2 amide bonds. The second-order valence-corrected chi connectivity index (χ2v) is 7.90. The van der Waals surface area contributed by atoms with Crippen LogP contribution in [0, 0.1) is 11.6 Å². The van der Waals surface area contributed by atoms with Crippen LogP contribution in [0.5, 0.6) is 11.5 Å². The number of amides is 2. The standard InChI is InChI=1S/C22H24F2N4O5/c1-3-26-17-6-4-5-7-27(17)28-11-14(19(29)20(30)18(28)22(26)32)21(31)25-10-13-15(24)8-12(23)9-16(13)33-2/h8-9,11,17,30H,3-7,10H2,1-2H3,(H,25,31)/t17-/m0/s1. The molecular weight excluding hydrogens is 438 g/mol. The van der Waals surface area contributed by atoms with Gasteiger partial charge in [0, 0.05) is 43.5 Å². The first-order valence-corrected chi connectivity index (χ1v) is 10.6. The number of pyridine rings is 1. The molecule has 0 radical (unpaired) electrons. The Hall–Kier alpha value is -3.63. The number of aromatic nitrogens is 1. The summed E-state index contributed by atoms with van der Waals surface area (Å²) in [5.74, 6) is -4.03. The lowest BCUT2D eigenvalue weighted by Gasteiger charge is -2.48. The molecule has 2 aromatic rings. The fourth-order valence-corrected chi connectivity index (χ4v) is 4.44. The molecule has 4 rings (SSSR count). The lowest BCUT2D eigenvalue weighted by Crippen LogP contribution is -2.63. The van der Waals surface area contributed by atoms with E-state index >= 15 is 0 Å². The molecule has 1 atom stereocenters. The van der Waals surface area contributed by atoms with Gasteiger partial charge in [-0.3, -0.25) is 24.1 Å². The number of piperidine rings is 1. The van der Waals surface area contributed by atoms with Gasteiger partial charge in [-0.1, -0.05) is 0 Å². The summed E-state index contributed by atoms with van der Waals surface area (Å²) < 4.78 is 34.0. The number of rotatable bonds is 5. The maximum Gasteiger partial charge on any atom is 0.278 e. The largest absolute Gasteiger partial charge is 0.502 e. The number of hydrogen-bond donors (Lipinski definition) is 2. The molecule has 1 aromatic carbocycles. The predicted molar refractivity (Wildman–Crippen MR) is 114 cm³/mol. The molecule has 0 aliphatic carbocycles. The zero-order valence-corrected chi connectivity index (χ0v) is 18.2. The number of nitrogens with zero attached hydrogens (tertiary/aromatic N) is 3. The summed E-state index contributed by atoms with van der Waals surface area (Å²) in [6.07, 6.45) is 3.47. The number of nitrogens with one attached hydrogen (secondary N) is 1. The first kappa shape index (κ1) is 22.6. The molecule has 1 fully saturated rings. The summed E-state index contributed by atoms with van der Waals surface area (Å²) in [5.41, 5.74) is -1.70. The number of carbonyl (C=O) groups is 2. The normalized spacial score (nSPS) is 17.5. The van der Waals surface area contributed by atoms with Crippen molar-refractivity contribution in [2.45, 2.75) is 38.9 Å². The van der Waals surface area contributed by atoms with E-state index in [1.54, 1.807) is 4.90 Å². The third-order valence-corrected chi connectivity index (χ3v) is 6.06. The monoisotopic (exact) mass is 462 g/mol. The lowest BCUT2D eigenvalue weighted by molar-refractivity contribution is 0.0534. The quantitative estimate of drug-likeness (QED) is 0.701. The summed E-state index contributed by atoms with van der Waals surface area (Å²) in [5, 5.41) is 14.8. The van der Waals surface area contributed by atoms with Gasteiger partial charge in [0.1, 0.15) is 29.1 Å². The van der Waals surface area contributed by atoms with Crippen LogP contribution in [-0.2, 0) is 6.54 Å². The van der Waals surface area contributed by atoms with Crippen molar-refractivity contribution in [3.8, 4) is 11.5 Å². The van der Waals surface area contributed by atoms with Gasteiger partial charge in [-0.25, -0.2) is 8.78 Å². The van der Waals surface area contributed by atoms with Gasteiger partial charge in [-0.2, -0.15) is 0 Å². The Labute approximate surface area is 188 Å². The molecule has 0 bridgehead atoms. The SMILES string of the molecule is CCN1C(=O)c2c(O)c(=O)c(C(=O)NCc3c(F)cc(F)cc3OC)cn2N2CCCC[C@@H]12. The Morgan fingerprint density at radius 2 is 2.03 bits per heavy atom. The minimum atomic E-state index is -1.01. The Morgan fingerprint density at radius 3 is 2.73 bits per heavy atom. The van der Waals surface area contributed by atoms with E-state index < -0.39 is 40.2 Å². The van der Waals surface area contributed by atoms with Crippen molar-refractivity contribution in [2.75, 3.05) is 25.2 Å². The van der Waals surface area contributed by atoms with Crippen LogP contribution >= 0.6 is 0 Å². The first-order valence-electron chi connectivity index (χ1n) is 10.6. The molecule has 0 saturated carbocycles. The lowest BCUT2D eigenvalue weighted by atomic mass is 10.1. The number of halogens is 2. The van der Waals surface area contributed by atoms with Crippen LogP contribution in [-0.4, -0.2) is 52.9 Å². The van der Waals surface area contributed by atoms with Gasteiger partial charge in [0.2, 0.25) is 5.43 Å². The molecular formula is C22H24F2N4O5. The third-order valence-electron chi connectivity index (χ3n) is 6.06. The zero-order chi connectivity index (χ0) is 23.9. The zero-order valence-electron chi connectivity index (χ0n) is 18.2. The number of ether oxygens (including phenoxy) is 1. The number of methoxy groups -OCH3 is 1. The van der Waals surface area contributed by atoms with Crippen LogP contribution in [0.3, 0.4) is 0 Å². The molecule has 1 saturated heterocycles. The Morgan fingerprint density at radius 1 is 1.27 bits per heavy atom. The van der Waals surface area contributed by atoms with E-state index in [-0.39, 0.29) is 29.7 Å². The second kappa shape index (κ2) is 8.72. The molecule has 2 N–H and O–H groups in total.